The Morgan fingerprint density at radius 3 is 3.04 bits per heavy atom. The van der Waals surface area contributed by atoms with Gasteiger partial charge in [0.1, 0.15) is 6.54 Å². The van der Waals surface area contributed by atoms with E-state index in [1.165, 1.54) is 4.90 Å². The van der Waals surface area contributed by atoms with Gasteiger partial charge in [-0.1, -0.05) is 12.1 Å². The van der Waals surface area contributed by atoms with Crippen molar-refractivity contribution in [1.82, 2.24) is 15.1 Å². The highest BCUT2D eigenvalue weighted by atomic mass is 16.4. The van der Waals surface area contributed by atoms with Gasteiger partial charge in [-0.2, -0.15) is 5.10 Å². The monoisotopic (exact) mass is 322 g/mol. The number of carboxylic acid groups (broad SMARTS) is 1. The molecule has 1 aliphatic rings. The Kier molecular flexibility index (Phi) is 3.19. The van der Waals surface area contributed by atoms with Crippen LogP contribution >= 0.6 is 0 Å². The number of hydrogen-bond acceptors (Lipinski definition) is 4. The van der Waals surface area contributed by atoms with Gasteiger partial charge in [-0.25, -0.2) is 0 Å². The molecule has 2 heterocycles. The molecular weight excluding hydrogens is 308 g/mol. The zero-order chi connectivity index (χ0) is 16.7. The van der Waals surface area contributed by atoms with Crippen LogP contribution in [0.4, 0.5) is 11.4 Å². The smallest absolute Gasteiger partial charge is 0.323 e. The maximum Gasteiger partial charge on any atom is 0.323 e. The zero-order valence-electron chi connectivity index (χ0n) is 12.6. The predicted octanol–water partition coefficient (Wildman–Crippen LogP) is 2.35. The molecule has 24 heavy (non-hydrogen) atoms. The van der Waals surface area contributed by atoms with Crippen molar-refractivity contribution >= 4 is 34.2 Å². The predicted molar refractivity (Wildman–Crippen MR) is 88.2 cm³/mol. The molecule has 0 bridgehead atoms. The molecule has 0 radical (unpaired) electrons. The summed E-state index contributed by atoms with van der Waals surface area (Å²) >= 11 is 0. The van der Waals surface area contributed by atoms with Gasteiger partial charge in [-0.3, -0.25) is 14.7 Å². The van der Waals surface area contributed by atoms with E-state index in [0.29, 0.717) is 17.8 Å². The maximum atomic E-state index is 12.5. The third-order valence-electron chi connectivity index (χ3n) is 4.06. The summed E-state index contributed by atoms with van der Waals surface area (Å²) < 4.78 is 0. The fraction of sp³-hybridized carbons (Fsp3) is 0.118. The van der Waals surface area contributed by atoms with Crippen molar-refractivity contribution in [2.45, 2.75) is 6.54 Å². The van der Waals surface area contributed by atoms with E-state index in [-0.39, 0.29) is 12.5 Å². The molecule has 0 unspecified atom stereocenters. The van der Waals surface area contributed by atoms with Gasteiger partial charge in [0, 0.05) is 17.6 Å². The van der Waals surface area contributed by atoms with Crippen LogP contribution in [0.2, 0.25) is 0 Å². The molecule has 1 aromatic heterocycles. The maximum absolute atomic E-state index is 12.5. The van der Waals surface area contributed by atoms with Crippen LogP contribution in [0.25, 0.3) is 10.9 Å². The summed E-state index contributed by atoms with van der Waals surface area (Å²) in [5.74, 6) is -1.28. The number of rotatable bonds is 4. The lowest BCUT2D eigenvalue weighted by Crippen LogP contribution is -2.30. The molecular formula is C17H14N4O3. The van der Waals surface area contributed by atoms with Gasteiger partial charge >= 0.3 is 5.97 Å². The molecule has 0 saturated carbocycles. The standard InChI is InChI=1S/C17H14N4O3/c22-15(23)9-21-8-11-2-1-3-13(16(11)17(21)24)19-12-5-4-10-7-18-20-14(10)6-12/h1-7,19H,8-9H2,(H,18,20)(H,22,23). The van der Waals surface area contributed by atoms with Crippen LogP contribution in [0.5, 0.6) is 0 Å². The number of H-pyrrole nitrogens is 1. The van der Waals surface area contributed by atoms with Crippen molar-refractivity contribution in [3.63, 3.8) is 0 Å². The summed E-state index contributed by atoms with van der Waals surface area (Å²) in [7, 11) is 0. The van der Waals surface area contributed by atoms with Crippen molar-refractivity contribution in [1.29, 1.82) is 0 Å². The summed E-state index contributed by atoms with van der Waals surface area (Å²) in [6, 6.07) is 11.3. The number of nitrogens with one attached hydrogen (secondary N) is 2. The molecule has 3 aromatic rings. The Morgan fingerprint density at radius 1 is 1.33 bits per heavy atom. The van der Waals surface area contributed by atoms with Gasteiger partial charge in [0.15, 0.2) is 0 Å². The minimum Gasteiger partial charge on any atom is -0.480 e. The van der Waals surface area contributed by atoms with E-state index in [0.717, 1.165) is 22.2 Å². The van der Waals surface area contributed by atoms with Gasteiger partial charge in [-0.15, -0.1) is 0 Å². The van der Waals surface area contributed by atoms with Gasteiger partial charge in [0.2, 0.25) is 0 Å². The Balaban J connectivity index is 1.67. The van der Waals surface area contributed by atoms with Crippen LogP contribution < -0.4 is 5.32 Å². The average molecular weight is 322 g/mol. The highest BCUT2D eigenvalue weighted by molar-refractivity contribution is 6.05. The van der Waals surface area contributed by atoms with Crippen LogP contribution in [0.3, 0.4) is 0 Å². The van der Waals surface area contributed by atoms with E-state index in [1.54, 1.807) is 6.20 Å². The molecule has 0 spiro atoms. The highest BCUT2D eigenvalue weighted by Crippen LogP contribution is 2.31. The molecule has 2 aromatic carbocycles. The van der Waals surface area contributed by atoms with Crippen molar-refractivity contribution in [2.75, 3.05) is 11.9 Å². The Bertz CT molecular complexity index is 963. The van der Waals surface area contributed by atoms with Crippen LogP contribution in [-0.2, 0) is 11.3 Å². The van der Waals surface area contributed by atoms with Crippen LogP contribution in [0.1, 0.15) is 15.9 Å². The number of fused-ring (bicyclic) bond motifs is 2. The summed E-state index contributed by atoms with van der Waals surface area (Å²) in [5.41, 5.74) is 3.75. The fourth-order valence-corrected chi connectivity index (χ4v) is 2.99. The first-order valence-corrected chi connectivity index (χ1v) is 7.45. The summed E-state index contributed by atoms with van der Waals surface area (Å²) in [6.07, 6.45) is 1.74. The number of nitrogens with zero attached hydrogens (tertiary/aromatic N) is 2. The molecule has 120 valence electrons. The lowest BCUT2D eigenvalue weighted by molar-refractivity contribution is -0.137. The molecule has 4 rings (SSSR count). The van der Waals surface area contributed by atoms with E-state index in [2.05, 4.69) is 15.5 Å². The number of hydrogen-bond donors (Lipinski definition) is 3. The minimum atomic E-state index is -1.02. The van der Waals surface area contributed by atoms with Crippen LogP contribution in [0.15, 0.2) is 42.6 Å². The first kappa shape index (κ1) is 14.3. The number of benzene rings is 2. The lowest BCUT2D eigenvalue weighted by Gasteiger charge is -2.13. The first-order chi connectivity index (χ1) is 11.6. The molecule has 7 nitrogen and oxygen atoms in total. The van der Waals surface area contributed by atoms with Crippen molar-refractivity contribution in [2.24, 2.45) is 0 Å². The quantitative estimate of drug-likeness (QED) is 0.685. The summed E-state index contributed by atoms with van der Waals surface area (Å²) in [4.78, 5) is 24.8. The third kappa shape index (κ3) is 2.36. The van der Waals surface area contributed by atoms with Gasteiger partial charge in [0.25, 0.3) is 5.91 Å². The van der Waals surface area contributed by atoms with Gasteiger partial charge in [0.05, 0.1) is 23.0 Å². The zero-order valence-corrected chi connectivity index (χ0v) is 12.6. The lowest BCUT2D eigenvalue weighted by atomic mass is 10.1. The topological polar surface area (TPSA) is 98.3 Å². The highest BCUT2D eigenvalue weighted by Gasteiger charge is 2.31. The van der Waals surface area contributed by atoms with E-state index in [4.69, 9.17) is 5.11 Å². The number of amides is 1. The average Bonchev–Trinajstić information content (AvgIpc) is 3.12. The Labute approximate surface area is 136 Å². The molecule has 3 N–H and O–H groups in total. The van der Waals surface area contributed by atoms with E-state index >= 15 is 0 Å². The number of aliphatic carboxylic acids is 1. The summed E-state index contributed by atoms with van der Waals surface area (Å²) in [6.45, 7) is 0.0165. The molecule has 0 aliphatic carbocycles. The first-order valence-electron chi connectivity index (χ1n) is 7.45. The second-order valence-electron chi connectivity index (χ2n) is 5.69. The van der Waals surface area contributed by atoms with Crippen molar-refractivity contribution in [3.05, 3.63) is 53.7 Å². The van der Waals surface area contributed by atoms with E-state index in [1.807, 2.05) is 36.4 Å². The van der Waals surface area contributed by atoms with Gasteiger partial charge < -0.3 is 15.3 Å². The second-order valence-corrected chi connectivity index (χ2v) is 5.69. The second kappa shape index (κ2) is 5.38. The molecule has 0 fully saturated rings. The molecule has 0 saturated heterocycles. The SMILES string of the molecule is O=C(O)CN1Cc2cccc(Nc3ccc4cn[nH]c4c3)c2C1=O. The van der Waals surface area contributed by atoms with Crippen molar-refractivity contribution < 1.29 is 14.7 Å². The van der Waals surface area contributed by atoms with Gasteiger partial charge in [-0.05, 0) is 29.8 Å². The Hall–Kier alpha value is -3.35. The Morgan fingerprint density at radius 2 is 2.21 bits per heavy atom. The van der Waals surface area contributed by atoms with Crippen LogP contribution in [-0.4, -0.2) is 38.6 Å². The number of anilines is 2. The number of aromatic nitrogens is 2. The van der Waals surface area contributed by atoms with E-state index < -0.39 is 5.97 Å². The third-order valence-corrected chi connectivity index (χ3v) is 4.06. The molecule has 1 amide bonds. The molecule has 0 atom stereocenters. The number of carboxylic acids is 1. The largest absolute Gasteiger partial charge is 0.480 e. The minimum absolute atomic E-state index is 0.266. The summed E-state index contributed by atoms with van der Waals surface area (Å²) in [5, 5.41) is 20.1. The normalized spacial score (nSPS) is 13.3. The number of carbonyl (C=O) groups excluding carboxylic acids is 1. The number of aromatic amines is 1. The fourth-order valence-electron chi connectivity index (χ4n) is 2.99. The van der Waals surface area contributed by atoms with E-state index in [9.17, 15) is 9.59 Å². The number of carbonyl (C=O) groups is 2. The molecule has 7 heteroatoms. The molecule has 1 aliphatic heterocycles. The van der Waals surface area contributed by atoms with Crippen molar-refractivity contribution in [3.8, 4) is 0 Å². The van der Waals surface area contributed by atoms with Crippen LogP contribution in [0, 0.1) is 0 Å².